The molecule has 192 valence electrons. The van der Waals surface area contributed by atoms with Gasteiger partial charge in [-0.25, -0.2) is 0 Å². The number of amides is 4. The lowest BCUT2D eigenvalue weighted by molar-refractivity contribution is -0.125. The molecule has 4 amide bonds. The molecule has 6 nitrogen and oxygen atoms in total. The van der Waals surface area contributed by atoms with Gasteiger partial charge in [0.1, 0.15) is 0 Å². The lowest BCUT2D eigenvalue weighted by atomic mass is 9.73. The molecule has 0 unspecified atom stereocenters. The molecule has 0 spiro atoms. The zero-order chi connectivity index (χ0) is 27.4. The molecule has 0 bridgehead atoms. The van der Waals surface area contributed by atoms with Crippen LogP contribution in [0.1, 0.15) is 86.1 Å². The Labute approximate surface area is 218 Å². The summed E-state index contributed by atoms with van der Waals surface area (Å²) in [5.41, 5.74) is 9.27. The Morgan fingerprint density at radius 1 is 0.595 bits per heavy atom. The van der Waals surface area contributed by atoms with E-state index in [0.29, 0.717) is 35.1 Å². The van der Waals surface area contributed by atoms with E-state index < -0.39 is 0 Å². The first-order valence-corrected chi connectivity index (χ1v) is 12.7. The molecule has 0 atom stereocenters. The molecule has 6 heteroatoms. The van der Waals surface area contributed by atoms with Gasteiger partial charge < -0.3 is 0 Å². The Morgan fingerprint density at radius 2 is 0.946 bits per heavy atom. The third-order valence-corrected chi connectivity index (χ3v) is 7.88. The standard InChI is InChI=1S/C31H34N2O4/c1-9-19-13-21(11-15(3)23(19)25-17(5)27(34)32-29(25)36)31(7,8)22-12-16(4)24(20(10-2)14-22)26-18(6)28(35)33-30(26)37/h11-14H,9-10H2,1-8H3,(H,32,34,36)(H,33,35,37). The number of rotatable bonds is 6. The SMILES string of the molecule is CCc1cc(C(C)(C)c2cc(C)c(C3=C(C)C(=O)NC3=O)c(CC)c2)cc(C)c1C1=C(C)C(=O)NC1=O. The van der Waals surface area contributed by atoms with E-state index in [1.165, 1.54) is 0 Å². The largest absolute Gasteiger partial charge is 0.288 e. The van der Waals surface area contributed by atoms with Crippen molar-refractivity contribution < 1.29 is 19.2 Å². The van der Waals surface area contributed by atoms with Crippen molar-refractivity contribution >= 4 is 34.8 Å². The maximum Gasteiger partial charge on any atom is 0.259 e. The van der Waals surface area contributed by atoms with Gasteiger partial charge in [-0.2, -0.15) is 0 Å². The van der Waals surface area contributed by atoms with Gasteiger partial charge in [-0.15, -0.1) is 0 Å². The second-order valence-electron chi connectivity index (χ2n) is 10.6. The van der Waals surface area contributed by atoms with Gasteiger partial charge in [-0.05, 0) is 85.0 Å². The van der Waals surface area contributed by atoms with Gasteiger partial charge in [0.25, 0.3) is 23.6 Å². The van der Waals surface area contributed by atoms with Crippen LogP contribution >= 0.6 is 0 Å². The van der Waals surface area contributed by atoms with Crippen LogP contribution in [0.5, 0.6) is 0 Å². The summed E-state index contributed by atoms with van der Waals surface area (Å²) in [5, 5.41) is 4.83. The van der Waals surface area contributed by atoms with E-state index in [0.717, 1.165) is 44.5 Å². The molecule has 2 aliphatic rings. The highest BCUT2D eigenvalue weighted by Crippen LogP contribution is 2.40. The van der Waals surface area contributed by atoms with Gasteiger partial charge in [0.15, 0.2) is 0 Å². The quantitative estimate of drug-likeness (QED) is 0.569. The Kier molecular flexibility index (Phi) is 6.57. The van der Waals surface area contributed by atoms with Crippen LogP contribution in [-0.4, -0.2) is 23.6 Å². The number of carbonyl (C=O) groups excluding carboxylic acids is 4. The van der Waals surface area contributed by atoms with Gasteiger partial charge in [-0.3, -0.25) is 29.8 Å². The second-order valence-corrected chi connectivity index (χ2v) is 10.6. The van der Waals surface area contributed by atoms with Crippen molar-refractivity contribution in [2.24, 2.45) is 0 Å². The van der Waals surface area contributed by atoms with Crippen molar-refractivity contribution in [2.45, 2.75) is 73.6 Å². The molecule has 4 rings (SSSR count). The average Bonchev–Trinajstić information content (AvgIpc) is 3.24. The minimum absolute atomic E-state index is 0.337. The molecule has 0 saturated heterocycles. The average molecular weight is 499 g/mol. The van der Waals surface area contributed by atoms with Crippen molar-refractivity contribution in [3.63, 3.8) is 0 Å². The molecule has 2 heterocycles. The van der Waals surface area contributed by atoms with Crippen molar-refractivity contribution in [2.75, 3.05) is 0 Å². The number of nitrogens with one attached hydrogen (secondary N) is 2. The van der Waals surface area contributed by atoms with E-state index in [-0.39, 0.29) is 29.0 Å². The summed E-state index contributed by atoms with van der Waals surface area (Å²) in [6.07, 6.45) is 1.43. The first kappa shape index (κ1) is 26.3. The summed E-state index contributed by atoms with van der Waals surface area (Å²) < 4.78 is 0. The zero-order valence-corrected chi connectivity index (χ0v) is 22.9. The van der Waals surface area contributed by atoms with Crippen LogP contribution in [0.25, 0.3) is 11.1 Å². The molecule has 0 radical (unpaired) electrons. The Bertz CT molecular complexity index is 1360. The predicted molar refractivity (Wildman–Crippen MR) is 145 cm³/mol. The highest BCUT2D eigenvalue weighted by Gasteiger charge is 2.34. The Morgan fingerprint density at radius 3 is 1.22 bits per heavy atom. The normalized spacial score (nSPS) is 16.2. The summed E-state index contributed by atoms with van der Waals surface area (Å²) >= 11 is 0. The smallest absolute Gasteiger partial charge is 0.259 e. The summed E-state index contributed by atoms with van der Waals surface area (Å²) in [4.78, 5) is 49.4. The molecule has 37 heavy (non-hydrogen) atoms. The molecule has 0 saturated carbocycles. The van der Waals surface area contributed by atoms with Crippen LogP contribution in [0, 0.1) is 13.8 Å². The fourth-order valence-corrected chi connectivity index (χ4v) is 5.57. The maximum atomic E-state index is 12.6. The molecule has 2 aromatic carbocycles. The first-order chi connectivity index (χ1) is 17.3. The van der Waals surface area contributed by atoms with Crippen LogP contribution in [-0.2, 0) is 37.4 Å². The zero-order valence-electron chi connectivity index (χ0n) is 22.9. The van der Waals surface area contributed by atoms with Crippen LogP contribution in [0.3, 0.4) is 0 Å². The molecular formula is C31H34N2O4. The minimum Gasteiger partial charge on any atom is -0.288 e. The van der Waals surface area contributed by atoms with E-state index in [9.17, 15) is 19.2 Å². The van der Waals surface area contributed by atoms with Gasteiger partial charge >= 0.3 is 0 Å². The van der Waals surface area contributed by atoms with Crippen LogP contribution in [0.4, 0.5) is 0 Å². The van der Waals surface area contributed by atoms with E-state index in [2.05, 4.69) is 62.6 Å². The first-order valence-electron chi connectivity index (χ1n) is 12.7. The van der Waals surface area contributed by atoms with Gasteiger partial charge in [-0.1, -0.05) is 52.0 Å². The monoisotopic (exact) mass is 498 g/mol. The molecule has 2 aliphatic heterocycles. The molecule has 0 aliphatic carbocycles. The fourth-order valence-electron chi connectivity index (χ4n) is 5.57. The molecular weight excluding hydrogens is 464 g/mol. The van der Waals surface area contributed by atoms with Crippen LogP contribution in [0.2, 0.25) is 0 Å². The number of aryl methyl sites for hydroxylation is 4. The highest BCUT2D eigenvalue weighted by atomic mass is 16.2. The number of imide groups is 2. The number of hydrogen-bond donors (Lipinski definition) is 2. The molecule has 2 N–H and O–H groups in total. The van der Waals surface area contributed by atoms with Gasteiger partial charge in [0.05, 0.1) is 11.1 Å². The summed E-state index contributed by atoms with van der Waals surface area (Å²) in [6.45, 7) is 15.8. The van der Waals surface area contributed by atoms with Gasteiger partial charge in [0.2, 0.25) is 0 Å². The third-order valence-electron chi connectivity index (χ3n) is 7.88. The highest BCUT2D eigenvalue weighted by molar-refractivity contribution is 6.37. The fraction of sp³-hybridized carbons (Fsp3) is 0.355. The maximum absolute atomic E-state index is 12.6. The second kappa shape index (κ2) is 9.25. The molecule has 0 aromatic heterocycles. The lowest BCUT2D eigenvalue weighted by Gasteiger charge is -2.30. The van der Waals surface area contributed by atoms with E-state index >= 15 is 0 Å². The van der Waals surface area contributed by atoms with Crippen LogP contribution in [0.15, 0.2) is 35.4 Å². The Hall–Kier alpha value is -3.80. The number of benzene rings is 2. The van der Waals surface area contributed by atoms with E-state index in [1.807, 2.05) is 13.8 Å². The topological polar surface area (TPSA) is 92.3 Å². The number of carbonyl (C=O) groups is 4. The Balaban J connectivity index is 1.87. The van der Waals surface area contributed by atoms with Crippen molar-refractivity contribution in [3.8, 4) is 0 Å². The summed E-state index contributed by atoms with van der Waals surface area (Å²) in [6, 6.07) is 8.50. The summed E-state index contributed by atoms with van der Waals surface area (Å²) in [7, 11) is 0. The van der Waals surface area contributed by atoms with Gasteiger partial charge in [0, 0.05) is 16.6 Å². The third kappa shape index (κ3) is 4.14. The van der Waals surface area contributed by atoms with Crippen molar-refractivity contribution in [1.82, 2.24) is 10.6 Å². The lowest BCUT2D eigenvalue weighted by Crippen LogP contribution is -2.24. The molecule has 2 aromatic rings. The number of hydrogen-bond acceptors (Lipinski definition) is 4. The predicted octanol–water partition coefficient (Wildman–Crippen LogP) is 4.61. The van der Waals surface area contributed by atoms with E-state index in [1.54, 1.807) is 13.8 Å². The van der Waals surface area contributed by atoms with E-state index in [4.69, 9.17) is 0 Å². The molecule has 0 fully saturated rings. The van der Waals surface area contributed by atoms with Crippen molar-refractivity contribution in [3.05, 3.63) is 79.9 Å². The van der Waals surface area contributed by atoms with Crippen molar-refractivity contribution in [1.29, 1.82) is 0 Å². The summed E-state index contributed by atoms with van der Waals surface area (Å²) in [5.74, 6) is -1.36. The van der Waals surface area contributed by atoms with Crippen LogP contribution < -0.4 is 10.6 Å². The minimum atomic E-state index is -0.380.